The van der Waals surface area contributed by atoms with Gasteiger partial charge < -0.3 is 14.8 Å². The molecule has 1 aromatic carbocycles. The van der Waals surface area contributed by atoms with Gasteiger partial charge in [-0.15, -0.1) is 24.0 Å². The number of benzene rings is 1. The van der Waals surface area contributed by atoms with Crippen molar-refractivity contribution in [2.45, 2.75) is 20.0 Å². The van der Waals surface area contributed by atoms with Crippen LogP contribution in [0.3, 0.4) is 0 Å². The summed E-state index contributed by atoms with van der Waals surface area (Å²) in [6.45, 7) is 5.29. The fourth-order valence-electron chi connectivity index (χ4n) is 2.12. The topological polar surface area (TPSA) is 45.5 Å². The summed E-state index contributed by atoms with van der Waals surface area (Å²) in [6, 6.07) is 8.26. The van der Waals surface area contributed by atoms with Gasteiger partial charge in [-0.1, -0.05) is 34.1 Å². The third-order valence-electron chi connectivity index (χ3n) is 3.24. The number of aromatic nitrogens is 2. The Morgan fingerprint density at radius 2 is 2.17 bits per heavy atom. The summed E-state index contributed by atoms with van der Waals surface area (Å²) in [4.78, 5) is 10.9. The summed E-state index contributed by atoms with van der Waals surface area (Å²) in [5.74, 6) is 0.915. The molecular weight excluding hydrogens is 469 g/mol. The van der Waals surface area contributed by atoms with Gasteiger partial charge in [-0.25, -0.2) is 4.98 Å². The van der Waals surface area contributed by atoms with E-state index in [2.05, 4.69) is 68.3 Å². The number of hydrogen-bond acceptors (Lipinski definition) is 2. The molecule has 1 aromatic heterocycles. The summed E-state index contributed by atoms with van der Waals surface area (Å²) in [5.41, 5.74) is 1.24. The summed E-state index contributed by atoms with van der Waals surface area (Å²) in [5, 5.41) is 3.34. The molecule has 0 unspecified atom stereocenters. The quantitative estimate of drug-likeness (QED) is 0.383. The predicted octanol–water partition coefficient (Wildman–Crippen LogP) is 3.36. The Hall–Kier alpha value is -1.09. The Morgan fingerprint density at radius 3 is 2.83 bits per heavy atom. The maximum atomic E-state index is 4.68. The number of nitrogens with one attached hydrogen (secondary N) is 1. The molecule has 0 saturated carbocycles. The van der Waals surface area contributed by atoms with Gasteiger partial charge in [0.15, 0.2) is 5.96 Å². The van der Waals surface area contributed by atoms with Crippen LogP contribution < -0.4 is 5.32 Å². The van der Waals surface area contributed by atoms with Crippen molar-refractivity contribution in [3.8, 4) is 0 Å². The lowest BCUT2D eigenvalue weighted by Gasteiger charge is -2.22. The molecular formula is C16H23BrIN5. The van der Waals surface area contributed by atoms with Crippen LogP contribution in [0.2, 0.25) is 0 Å². The molecule has 5 nitrogen and oxygen atoms in total. The molecule has 1 N–H and O–H groups in total. The molecule has 0 amide bonds. The number of halogens is 2. The minimum atomic E-state index is 0. The van der Waals surface area contributed by atoms with Crippen LogP contribution in [0.25, 0.3) is 0 Å². The Morgan fingerprint density at radius 1 is 1.39 bits per heavy atom. The van der Waals surface area contributed by atoms with Crippen molar-refractivity contribution in [3.05, 3.63) is 53.0 Å². The van der Waals surface area contributed by atoms with E-state index in [1.54, 1.807) is 6.20 Å². The Balaban J connectivity index is 0.00000264. The molecule has 0 aliphatic carbocycles. The van der Waals surface area contributed by atoms with Crippen molar-refractivity contribution in [3.63, 3.8) is 0 Å². The molecule has 0 aliphatic heterocycles. The summed E-state index contributed by atoms with van der Waals surface area (Å²) in [6.07, 6.45) is 5.55. The van der Waals surface area contributed by atoms with Crippen LogP contribution in [0.5, 0.6) is 0 Å². The maximum Gasteiger partial charge on any atom is 0.194 e. The normalized spacial score (nSPS) is 11.0. The van der Waals surface area contributed by atoms with E-state index in [1.165, 1.54) is 5.56 Å². The summed E-state index contributed by atoms with van der Waals surface area (Å²) in [7, 11) is 2.05. The molecule has 7 heteroatoms. The van der Waals surface area contributed by atoms with Gasteiger partial charge in [0.25, 0.3) is 0 Å². The van der Waals surface area contributed by atoms with E-state index in [0.29, 0.717) is 0 Å². The van der Waals surface area contributed by atoms with Crippen molar-refractivity contribution in [1.82, 2.24) is 19.8 Å². The first kappa shape index (κ1) is 20.0. The van der Waals surface area contributed by atoms with Crippen LogP contribution in [0.4, 0.5) is 0 Å². The van der Waals surface area contributed by atoms with Gasteiger partial charge in [-0.2, -0.15) is 0 Å². The smallest absolute Gasteiger partial charge is 0.194 e. The molecule has 0 aliphatic rings. The number of hydrogen-bond donors (Lipinski definition) is 1. The highest BCUT2D eigenvalue weighted by atomic mass is 127. The van der Waals surface area contributed by atoms with Crippen LogP contribution >= 0.6 is 39.9 Å². The number of aliphatic imine (C=N–C) groups is 1. The van der Waals surface area contributed by atoms with Gasteiger partial charge in [0.2, 0.25) is 0 Å². The molecule has 23 heavy (non-hydrogen) atoms. The van der Waals surface area contributed by atoms with Crippen LogP contribution in [-0.2, 0) is 13.1 Å². The van der Waals surface area contributed by atoms with Crippen molar-refractivity contribution in [2.75, 3.05) is 20.1 Å². The standard InChI is InChI=1S/C16H22BrN5.HI/c1-3-19-16(20-9-11-22-10-8-18-13-22)21(2)12-14-6-4-5-7-15(14)17;/h4-8,10,13H,3,9,11-12H2,1-2H3,(H,19,20);1H. The van der Waals surface area contributed by atoms with Crippen LogP contribution in [0, 0.1) is 0 Å². The zero-order valence-electron chi connectivity index (χ0n) is 13.4. The van der Waals surface area contributed by atoms with Gasteiger partial charge in [-0.3, -0.25) is 4.99 Å². The van der Waals surface area contributed by atoms with Gasteiger partial charge in [0.05, 0.1) is 12.9 Å². The Bertz CT molecular complexity index is 600. The van der Waals surface area contributed by atoms with E-state index in [0.717, 1.165) is 36.6 Å². The average Bonchev–Trinajstić information content (AvgIpc) is 3.02. The highest BCUT2D eigenvalue weighted by molar-refractivity contribution is 14.0. The summed E-state index contributed by atoms with van der Waals surface area (Å²) >= 11 is 3.59. The van der Waals surface area contributed by atoms with Gasteiger partial charge in [-0.05, 0) is 18.6 Å². The van der Waals surface area contributed by atoms with Gasteiger partial charge in [0.1, 0.15) is 0 Å². The number of rotatable bonds is 6. The molecule has 2 rings (SSSR count). The average molecular weight is 492 g/mol. The van der Waals surface area contributed by atoms with Crippen molar-refractivity contribution in [2.24, 2.45) is 4.99 Å². The second-order valence-corrected chi connectivity index (χ2v) is 5.84. The molecule has 0 radical (unpaired) electrons. The zero-order chi connectivity index (χ0) is 15.8. The maximum absolute atomic E-state index is 4.68. The zero-order valence-corrected chi connectivity index (χ0v) is 17.4. The molecule has 1 heterocycles. The highest BCUT2D eigenvalue weighted by Crippen LogP contribution is 2.17. The molecule has 0 fully saturated rings. The Kier molecular flexibility index (Phi) is 9.23. The number of imidazole rings is 1. The minimum Gasteiger partial charge on any atom is -0.357 e. The third-order valence-corrected chi connectivity index (χ3v) is 4.01. The molecule has 0 atom stereocenters. The van der Waals surface area contributed by atoms with E-state index in [1.807, 2.05) is 23.2 Å². The predicted molar refractivity (Wildman–Crippen MR) is 109 cm³/mol. The molecule has 0 saturated heterocycles. The SMILES string of the molecule is CCNC(=NCCn1ccnc1)N(C)Cc1ccccc1Br.I. The van der Waals surface area contributed by atoms with Crippen molar-refractivity contribution >= 4 is 45.9 Å². The van der Waals surface area contributed by atoms with Crippen LogP contribution in [0.15, 0.2) is 52.5 Å². The molecule has 0 bridgehead atoms. The number of nitrogens with zero attached hydrogens (tertiary/aromatic N) is 4. The number of guanidine groups is 1. The highest BCUT2D eigenvalue weighted by Gasteiger charge is 2.08. The fraction of sp³-hybridized carbons (Fsp3) is 0.375. The molecule has 0 spiro atoms. The van der Waals surface area contributed by atoms with Crippen molar-refractivity contribution < 1.29 is 0 Å². The van der Waals surface area contributed by atoms with Gasteiger partial charge in [0, 0.05) is 43.5 Å². The van der Waals surface area contributed by atoms with Crippen molar-refractivity contribution in [1.29, 1.82) is 0 Å². The second-order valence-electron chi connectivity index (χ2n) is 4.98. The summed E-state index contributed by atoms with van der Waals surface area (Å²) < 4.78 is 3.15. The van der Waals surface area contributed by atoms with E-state index in [-0.39, 0.29) is 24.0 Å². The lowest BCUT2D eigenvalue weighted by molar-refractivity contribution is 0.474. The van der Waals surface area contributed by atoms with Gasteiger partial charge >= 0.3 is 0 Å². The molecule has 126 valence electrons. The largest absolute Gasteiger partial charge is 0.357 e. The second kappa shape index (κ2) is 10.6. The monoisotopic (exact) mass is 491 g/mol. The van der Waals surface area contributed by atoms with Crippen LogP contribution in [-0.4, -0.2) is 40.5 Å². The van der Waals surface area contributed by atoms with E-state index in [4.69, 9.17) is 0 Å². The van der Waals surface area contributed by atoms with E-state index < -0.39 is 0 Å². The third kappa shape index (κ3) is 6.50. The first-order valence-electron chi connectivity index (χ1n) is 7.39. The van der Waals surface area contributed by atoms with Crippen LogP contribution in [0.1, 0.15) is 12.5 Å². The lowest BCUT2D eigenvalue weighted by atomic mass is 10.2. The van der Waals surface area contributed by atoms with E-state index >= 15 is 0 Å². The lowest BCUT2D eigenvalue weighted by Crippen LogP contribution is -2.38. The fourth-order valence-corrected chi connectivity index (χ4v) is 2.53. The molecule has 2 aromatic rings. The minimum absolute atomic E-state index is 0. The Labute approximate surface area is 163 Å². The first-order valence-corrected chi connectivity index (χ1v) is 8.18. The first-order chi connectivity index (χ1) is 10.7. The van der Waals surface area contributed by atoms with E-state index in [9.17, 15) is 0 Å².